The van der Waals surface area contributed by atoms with E-state index in [0.717, 1.165) is 17.8 Å². The van der Waals surface area contributed by atoms with Crippen LogP contribution in [0.1, 0.15) is 40.2 Å². The standard InChI is InChI=1S/C15H23N5O/c1-5-13(10(3)4)20-15(17-18-19-20)11-7-8-14(21-6-2)12(16)9-11/h7-10,13H,5-6,16H2,1-4H3. The third-order valence-corrected chi connectivity index (χ3v) is 3.56. The molecule has 1 aromatic carbocycles. The van der Waals surface area contributed by atoms with Gasteiger partial charge in [0.2, 0.25) is 0 Å². The molecule has 0 aliphatic rings. The summed E-state index contributed by atoms with van der Waals surface area (Å²) in [5.74, 6) is 1.89. The summed E-state index contributed by atoms with van der Waals surface area (Å²) in [7, 11) is 0. The summed E-state index contributed by atoms with van der Waals surface area (Å²) in [6.07, 6.45) is 0.974. The third-order valence-electron chi connectivity index (χ3n) is 3.56. The van der Waals surface area contributed by atoms with Crippen LogP contribution in [0.15, 0.2) is 18.2 Å². The fourth-order valence-electron chi connectivity index (χ4n) is 2.51. The van der Waals surface area contributed by atoms with Crippen LogP contribution in [-0.2, 0) is 0 Å². The smallest absolute Gasteiger partial charge is 0.182 e. The highest BCUT2D eigenvalue weighted by molar-refractivity contribution is 5.66. The molecule has 1 unspecified atom stereocenters. The molecule has 0 amide bonds. The summed E-state index contributed by atoms with van der Waals surface area (Å²) in [5, 5.41) is 12.1. The molecule has 0 saturated carbocycles. The summed E-state index contributed by atoms with van der Waals surface area (Å²) in [5.41, 5.74) is 7.53. The fourth-order valence-corrected chi connectivity index (χ4v) is 2.51. The lowest BCUT2D eigenvalue weighted by atomic mass is 10.0. The Morgan fingerprint density at radius 1 is 1.29 bits per heavy atom. The largest absolute Gasteiger partial charge is 0.492 e. The number of anilines is 1. The zero-order valence-corrected chi connectivity index (χ0v) is 13.1. The number of rotatable bonds is 6. The van der Waals surface area contributed by atoms with E-state index in [9.17, 15) is 0 Å². The molecule has 1 aromatic heterocycles. The first-order valence-electron chi connectivity index (χ1n) is 7.39. The maximum Gasteiger partial charge on any atom is 0.182 e. The molecule has 114 valence electrons. The third kappa shape index (κ3) is 3.15. The quantitative estimate of drug-likeness (QED) is 0.827. The maximum atomic E-state index is 6.03. The van der Waals surface area contributed by atoms with E-state index >= 15 is 0 Å². The van der Waals surface area contributed by atoms with E-state index < -0.39 is 0 Å². The lowest BCUT2D eigenvalue weighted by molar-refractivity contribution is 0.333. The first kappa shape index (κ1) is 15.3. The minimum absolute atomic E-state index is 0.266. The first-order chi connectivity index (χ1) is 10.1. The fraction of sp³-hybridized carbons (Fsp3) is 0.533. The van der Waals surface area contributed by atoms with E-state index in [4.69, 9.17) is 10.5 Å². The summed E-state index contributed by atoms with van der Waals surface area (Å²) in [6.45, 7) is 9.01. The molecule has 6 nitrogen and oxygen atoms in total. The van der Waals surface area contributed by atoms with Crippen LogP contribution in [0, 0.1) is 5.92 Å². The van der Waals surface area contributed by atoms with Crippen LogP contribution in [0.2, 0.25) is 0 Å². The maximum absolute atomic E-state index is 6.03. The van der Waals surface area contributed by atoms with Crippen molar-refractivity contribution in [1.82, 2.24) is 20.2 Å². The van der Waals surface area contributed by atoms with Crippen LogP contribution in [-0.4, -0.2) is 26.8 Å². The van der Waals surface area contributed by atoms with Gasteiger partial charge in [-0.3, -0.25) is 0 Å². The molecule has 2 N–H and O–H groups in total. The number of tetrazole rings is 1. The van der Waals surface area contributed by atoms with Crippen LogP contribution in [0.4, 0.5) is 5.69 Å². The van der Waals surface area contributed by atoms with Crippen molar-refractivity contribution >= 4 is 5.69 Å². The van der Waals surface area contributed by atoms with Gasteiger partial charge in [0, 0.05) is 5.56 Å². The van der Waals surface area contributed by atoms with E-state index in [1.165, 1.54) is 0 Å². The van der Waals surface area contributed by atoms with Crippen molar-refractivity contribution in [2.75, 3.05) is 12.3 Å². The number of nitrogen functional groups attached to an aromatic ring is 1. The highest BCUT2D eigenvalue weighted by atomic mass is 16.5. The Balaban J connectivity index is 2.39. The lowest BCUT2D eigenvalue weighted by Crippen LogP contribution is -2.17. The molecular weight excluding hydrogens is 266 g/mol. The van der Waals surface area contributed by atoms with E-state index in [1.54, 1.807) is 0 Å². The lowest BCUT2D eigenvalue weighted by Gasteiger charge is -2.20. The molecule has 2 aromatic rings. The molecule has 0 saturated heterocycles. The van der Waals surface area contributed by atoms with E-state index in [-0.39, 0.29) is 6.04 Å². The average Bonchev–Trinajstić information content (AvgIpc) is 2.91. The molecule has 2 rings (SSSR count). The molecule has 0 aliphatic carbocycles. The minimum atomic E-state index is 0.266. The summed E-state index contributed by atoms with van der Waals surface area (Å²) in [6, 6.07) is 5.93. The van der Waals surface area contributed by atoms with E-state index in [0.29, 0.717) is 24.0 Å². The van der Waals surface area contributed by atoms with Gasteiger partial charge in [0.05, 0.1) is 18.3 Å². The van der Waals surface area contributed by atoms with Crippen molar-refractivity contribution in [2.24, 2.45) is 5.92 Å². The Morgan fingerprint density at radius 2 is 2.05 bits per heavy atom. The van der Waals surface area contributed by atoms with E-state index in [2.05, 4.69) is 36.3 Å². The predicted octanol–water partition coefficient (Wildman–Crippen LogP) is 2.93. The topological polar surface area (TPSA) is 78.9 Å². The Hall–Kier alpha value is -2.11. The van der Waals surface area contributed by atoms with Gasteiger partial charge in [-0.15, -0.1) is 5.10 Å². The van der Waals surface area contributed by atoms with Crippen molar-refractivity contribution < 1.29 is 4.74 Å². The van der Waals surface area contributed by atoms with Gasteiger partial charge in [0.25, 0.3) is 0 Å². The molecule has 0 spiro atoms. The molecular formula is C15H23N5O. The number of hydrogen-bond donors (Lipinski definition) is 1. The van der Waals surface area contributed by atoms with Crippen molar-refractivity contribution in [3.05, 3.63) is 18.2 Å². The summed E-state index contributed by atoms with van der Waals surface area (Å²) < 4.78 is 7.35. The van der Waals surface area contributed by atoms with Crippen molar-refractivity contribution in [1.29, 1.82) is 0 Å². The Kier molecular flexibility index (Phi) is 4.77. The Bertz CT molecular complexity index is 593. The number of nitrogens with zero attached hydrogens (tertiary/aromatic N) is 4. The first-order valence-corrected chi connectivity index (χ1v) is 7.39. The molecule has 21 heavy (non-hydrogen) atoms. The van der Waals surface area contributed by atoms with Gasteiger partial charge in [-0.2, -0.15) is 0 Å². The molecule has 1 atom stereocenters. The normalized spacial score (nSPS) is 12.6. The van der Waals surface area contributed by atoms with Gasteiger partial charge >= 0.3 is 0 Å². The van der Waals surface area contributed by atoms with Crippen molar-refractivity contribution in [2.45, 2.75) is 40.2 Å². The van der Waals surface area contributed by atoms with E-state index in [1.807, 2.05) is 29.8 Å². The van der Waals surface area contributed by atoms with Crippen LogP contribution >= 0.6 is 0 Å². The van der Waals surface area contributed by atoms with Crippen molar-refractivity contribution in [3.8, 4) is 17.1 Å². The monoisotopic (exact) mass is 289 g/mol. The number of aromatic nitrogens is 4. The SMILES string of the molecule is CCOc1ccc(-c2nnnn2C(CC)C(C)C)cc1N. The molecule has 0 bridgehead atoms. The van der Waals surface area contributed by atoms with Gasteiger partial charge in [-0.1, -0.05) is 20.8 Å². The molecule has 6 heteroatoms. The summed E-state index contributed by atoms with van der Waals surface area (Å²) >= 11 is 0. The predicted molar refractivity (Wildman–Crippen MR) is 83.0 cm³/mol. The molecule has 0 fully saturated rings. The minimum Gasteiger partial charge on any atom is -0.492 e. The summed E-state index contributed by atoms with van der Waals surface area (Å²) in [4.78, 5) is 0. The van der Waals surface area contributed by atoms with Crippen LogP contribution in [0.25, 0.3) is 11.4 Å². The second-order valence-corrected chi connectivity index (χ2v) is 5.35. The number of nitrogens with two attached hydrogens (primary N) is 1. The Labute approximate surface area is 125 Å². The number of benzene rings is 1. The highest BCUT2D eigenvalue weighted by Gasteiger charge is 2.20. The number of hydrogen-bond acceptors (Lipinski definition) is 5. The van der Waals surface area contributed by atoms with Crippen LogP contribution < -0.4 is 10.5 Å². The van der Waals surface area contributed by atoms with Crippen LogP contribution in [0.5, 0.6) is 5.75 Å². The molecule has 0 aliphatic heterocycles. The van der Waals surface area contributed by atoms with Gasteiger partial charge in [-0.05, 0) is 47.9 Å². The number of ether oxygens (including phenoxy) is 1. The van der Waals surface area contributed by atoms with Gasteiger partial charge in [-0.25, -0.2) is 4.68 Å². The average molecular weight is 289 g/mol. The van der Waals surface area contributed by atoms with Crippen LogP contribution in [0.3, 0.4) is 0 Å². The molecule has 1 heterocycles. The highest BCUT2D eigenvalue weighted by Crippen LogP contribution is 2.30. The second-order valence-electron chi connectivity index (χ2n) is 5.35. The zero-order valence-electron chi connectivity index (χ0n) is 13.1. The van der Waals surface area contributed by atoms with Gasteiger partial charge in [0.1, 0.15) is 5.75 Å². The Morgan fingerprint density at radius 3 is 2.62 bits per heavy atom. The second kappa shape index (κ2) is 6.56. The van der Waals surface area contributed by atoms with Gasteiger partial charge in [0.15, 0.2) is 5.82 Å². The molecule has 0 radical (unpaired) electrons. The van der Waals surface area contributed by atoms with Gasteiger partial charge < -0.3 is 10.5 Å². The van der Waals surface area contributed by atoms with Crippen molar-refractivity contribution in [3.63, 3.8) is 0 Å². The zero-order chi connectivity index (χ0) is 15.4.